The minimum atomic E-state index is -0.843. The lowest BCUT2D eigenvalue weighted by molar-refractivity contribution is 0.0702. The highest BCUT2D eigenvalue weighted by Gasteiger charge is 2.21. The Bertz CT molecular complexity index is 1270. The third kappa shape index (κ3) is 4.01. The maximum Gasteiger partial charge on any atom is 0.345 e. The summed E-state index contributed by atoms with van der Waals surface area (Å²) >= 11 is 1.39. The Kier molecular flexibility index (Phi) is 5.13. The molecule has 0 saturated heterocycles. The van der Waals surface area contributed by atoms with Gasteiger partial charge in [-0.05, 0) is 35.6 Å². The van der Waals surface area contributed by atoms with Gasteiger partial charge in [0.25, 0.3) is 0 Å². The molecule has 1 aliphatic rings. The van der Waals surface area contributed by atoms with E-state index in [-0.39, 0.29) is 0 Å². The first-order valence-electron chi connectivity index (χ1n) is 10.1. The predicted molar refractivity (Wildman–Crippen MR) is 119 cm³/mol. The summed E-state index contributed by atoms with van der Waals surface area (Å²) in [5, 5.41) is 18.8. The number of pyridine rings is 1. The molecule has 1 aromatic carbocycles. The average molecular weight is 436 g/mol. The van der Waals surface area contributed by atoms with Crippen LogP contribution in [0.5, 0.6) is 0 Å². The fraction of sp³-hybridized carbons (Fsp3) is 0.273. The molecule has 0 amide bonds. The van der Waals surface area contributed by atoms with Gasteiger partial charge in [-0.15, -0.1) is 11.3 Å². The van der Waals surface area contributed by atoms with Crippen LogP contribution in [0.4, 0.5) is 5.82 Å². The number of nitrogens with zero attached hydrogens (tertiary/aromatic N) is 4. The largest absolute Gasteiger partial charge is 0.477 e. The van der Waals surface area contributed by atoms with E-state index in [1.165, 1.54) is 16.9 Å². The molecular formula is C22H21N5O3S. The van der Waals surface area contributed by atoms with E-state index in [0.29, 0.717) is 16.6 Å². The summed E-state index contributed by atoms with van der Waals surface area (Å²) in [4.78, 5) is 24.0. The van der Waals surface area contributed by atoms with Gasteiger partial charge in [0.05, 0.1) is 0 Å². The number of hydrogen-bond acceptors (Lipinski definition) is 8. The molecule has 1 aliphatic heterocycles. The first-order valence-corrected chi connectivity index (χ1v) is 10.9. The summed E-state index contributed by atoms with van der Waals surface area (Å²) in [5.41, 5.74) is 2.06. The van der Waals surface area contributed by atoms with Crippen LogP contribution >= 0.6 is 11.3 Å². The number of nitrogens with one attached hydrogen (secondary N) is 1. The highest BCUT2D eigenvalue weighted by Crippen LogP contribution is 2.29. The number of aromatic carboxylic acids is 1. The predicted octanol–water partition coefficient (Wildman–Crippen LogP) is 3.82. The fourth-order valence-corrected chi connectivity index (χ4v) is 4.96. The molecule has 8 nitrogen and oxygen atoms in total. The van der Waals surface area contributed by atoms with Crippen LogP contribution in [0.15, 0.2) is 41.1 Å². The van der Waals surface area contributed by atoms with Crippen LogP contribution in [0, 0.1) is 6.92 Å². The van der Waals surface area contributed by atoms with Crippen molar-refractivity contribution >= 4 is 33.9 Å². The number of rotatable bonds is 6. The van der Waals surface area contributed by atoms with E-state index in [0.717, 1.165) is 59.6 Å². The number of anilines is 1. The molecule has 4 heterocycles. The molecule has 0 fully saturated rings. The Labute approximate surface area is 182 Å². The van der Waals surface area contributed by atoms with Crippen molar-refractivity contribution in [2.24, 2.45) is 0 Å². The number of carboxylic acids is 1. The second kappa shape index (κ2) is 8.09. The third-order valence-electron chi connectivity index (χ3n) is 5.44. The van der Waals surface area contributed by atoms with E-state index in [4.69, 9.17) is 4.52 Å². The molecular weight excluding hydrogens is 414 g/mol. The van der Waals surface area contributed by atoms with Crippen LogP contribution in [0.2, 0.25) is 0 Å². The molecule has 2 N–H and O–H groups in total. The van der Waals surface area contributed by atoms with Gasteiger partial charge >= 0.3 is 5.97 Å². The zero-order valence-corrected chi connectivity index (χ0v) is 17.8. The van der Waals surface area contributed by atoms with Crippen molar-refractivity contribution in [1.29, 1.82) is 0 Å². The number of fused-ring (bicyclic) bond motifs is 2. The SMILES string of the molecule is Cc1nc(-c2ccc3ccnc(NCCN4CCc5cc(C(=O)O)sc5C4)c3c2)no1. The Morgan fingerprint density at radius 2 is 2.23 bits per heavy atom. The number of hydrogen-bond donors (Lipinski definition) is 2. The zero-order valence-electron chi connectivity index (χ0n) is 17.0. The quantitative estimate of drug-likeness (QED) is 0.471. The third-order valence-corrected chi connectivity index (χ3v) is 6.59. The molecule has 5 rings (SSSR count). The fourth-order valence-electron chi connectivity index (χ4n) is 3.87. The maximum atomic E-state index is 11.2. The van der Waals surface area contributed by atoms with Crippen LogP contribution in [0.3, 0.4) is 0 Å². The van der Waals surface area contributed by atoms with Crippen molar-refractivity contribution in [3.63, 3.8) is 0 Å². The van der Waals surface area contributed by atoms with E-state index >= 15 is 0 Å². The highest BCUT2D eigenvalue weighted by atomic mass is 32.1. The van der Waals surface area contributed by atoms with Crippen molar-refractivity contribution in [2.75, 3.05) is 25.0 Å². The molecule has 0 aliphatic carbocycles. The van der Waals surface area contributed by atoms with Gasteiger partial charge in [-0.3, -0.25) is 4.90 Å². The molecule has 9 heteroatoms. The van der Waals surface area contributed by atoms with Crippen LogP contribution in [0.25, 0.3) is 22.2 Å². The monoisotopic (exact) mass is 435 g/mol. The molecule has 31 heavy (non-hydrogen) atoms. The maximum absolute atomic E-state index is 11.2. The second-order valence-corrected chi connectivity index (χ2v) is 8.69. The van der Waals surface area contributed by atoms with Crippen molar-refractivity contribution < 1.29 is 14.4 Å². The first kappa shape index (κ1) is 19.7. The second-order valence-electron chi connectivity index (χ2n) is 7.55. The van der Waals surface area contributed by atoms with Gasteiger partial charge in [0.1, 0.15) is 10.7 Å². The van der Waals surface area contributed by atoms with Crippen LogP contribution in [0.1, 0.15) is 26.0 Å². The molecule has 0 spiro atoms. The van der Waals surface area contributed by atoms with Gasteiger partial charge in [-0.2, -0.15) is 4.98 Å². The van der Waals surface area contributed by atoms with E-state index < -0.39 is 5.97 Å². The van der Waals surface area contributed by atoms with Crippen molar-refractivity contribution in [3.8, 4) is 11.4 Å². The molecule has 0 radical (unpaired) electrons. The number of aryl methyl sites for hydroxylation is 1. The molecule has 0 atom stereocenters. The highest BCUT2D eigenvalue weighted by molar-refractivity contribution is 7.14. The number of thiophene rings is 1. The summed E-state index contributed by atoms with van der Waals surface area (Å²) < 4.78 is 5.10. The lowest BCUT2D eigenvalue weighted by Gasteiger charge is -2.26. The first-order chi connectivity index (χ1) is 15.1. The Hall–Kier alpha value is -3.30. The average Bonchev–Trinajstić information content (AvgIpc) is 3.39. The van der Waals surface area contributed by atoms with Crippen molar-refractivity contribution in [2.45, 2.75) is 19.9 Å². The number of aromatic nitrogens is 3. The number of benzene rings is 1. The van der Waals surface area contributed by atoms with E-state index in [2.05, 4.69) is 25.3 Å². The Morgan fingerprint density at radius 3 is 3.03 bits per heavy atom. The van der Waals surface area contributed by atoms with E-state index in [9.17, 15) is 9.90 Å². The summed E-state index contributed by atoms with van der Waals surface area (Å²) in [6.45, 7) is 5.08. The number of carboxylic acid groups (broad SMARTS) is 1. The zero-order chi connectivity index (χ0) is 21.4. The van der Waals surface area contributed by atoms with Crippen molar-refractivity contribution in [1.82, 2.24) is 20.0 Å². The Morgan fingerprint density at radius 1 is 1.32 bits per heavy atom. The molecule has 158 valence electrons. The van der Waals surface area contributed by atoms with E-state index in [1.807, 2.05) is 30.3 Å². The number of carbonyl (C=O) groups is 1. The minimum Gasteiger partial charge on any atom is -0.477 e. The molecule has 0 saturated carbocycles. The lowest BCUT2D eigenvalue weighted by atomic mass is 10.1. The lowest BCUT2D eigenvalue weighted by Crippen LogP contribution is -2.33. The molecule has 3 aromatic heterocycles. The molecule has 4 aromatic rings. The van der Waals surface area contributed by atoms with Gasteiger partial charge in [0.2, 0.25) is 11.7 Å². The topological polar surface area (TPSA) is 104 Å². The Balaban J connectivity index is 1.28. The van der Waals surface area contributed by atoms with E-state index in [1.54, 1.807) is 13.1 Å². The molecule has 0 unspecified atom stereocenters. The van der Waals surface area contributed by atoms with Gasteiger partial charge in [0.15, 0.2) is 0 Å². The smallest absolute Gasteiger partial charge is 0.345 e. The van der Waals surface area contributed by atoms with Crippen LogP contribution in [-0.4, -0.2) is 50.7 Å². The minimum absolute atomic E-state index is 0.428. The summed E-state index contributed by atoms with van der Waals surface area (Å²) in [6, 6.07) is 9.84. The van der Waals surface area contributed by atoms with Crippen LogP contribution in [-0.2, 0) is 13.0 Å². The normalized spacial score (nSPS) is 14.0. The standard InChI is InChI=1S/C22H21N5O3S/c1-13-25-20(26-30-13)16-3-2-14-4-6-23-21(17(14)10-16)24-7-9-27-8-5-15-11-18(22(28)29)31-19(15)12-27/h2-4,6,10-11H,5,7-9,12H2,1H3,(H,23,24)(H,28,29). The van der Waals surface area contributed by atoms with Gasteiger partial charge < -0.3 is 14.9 Å². The van der Waals surface area contributed by atoms with Crippen LogP contribution < -0.4 is 5.32 Å². The van der Waals surface area contributed by atoms with Gasteiger partial charge in [-0.25, -0.2) is 9.78 Å². The van der Waals surface area contributed by atoms with Gasteiger partial charge in [-0.1, -0.05) is 17.3 Å². The van der Waals surface area contributed by atoms with Crippen molar-refractivity contribution in [3.05, 3.63) is 57.7 Å². The summed E-state index contributed by atoms with van der Waals surface area (Å²) in [7, 11) is 0. The summed E-state index contributed by atoms with van der Waals surface area (Å²) in [5.74, 6) is 1.08. The summed E-state index contributed by atoms with van der Waals surface area (Å²) in [6.07, 6.45) is 2.69. The molecule has 0 bridgehead atoms. The van der Waals surface area contributed by atoms with Gasteiger partial charge in [0, 0.05) is 55.1 Å².